The van der Waals surface area contributed by atoms with Crippen LogP contribution in [-0.2, 0) is 4.79 Å². The van der Waals surface area contributed by atoms with E-state index in [2.05, 4.69) is 10.6 Å². The second-order valence-electron chi connectivity index (χ2n) is 5.14. The zero-order chi connectivity index (χ0) is 16.1. The van der Waals surface area contributed by atoms with Crippen LogP contribution in [0.3, 0.4) is 0 Å². The summed E-state index contributed by atoms with van der Waals surface area (Å²) in [6.45, 7) is 3.72. The molecule has 0 heterocycles. The summed E-state index contributed by atoms with van der Waals surface area (Å²) in [5, 5.41) is 6.41. The van der Waals surface area contributed by atoms with Gasteiger partial charge in [-0.3, -0.25) is 4.79 Å². The van der Waals surface area contributed by atoms with Crippen LogP contribution in [0.5, 0.6) is 0 Å². The zero-order valence-corrected chi connectivity index (χ0v) is 13.2. The summed E-state index contributed by atoms with van der Waals surface area (Å²) >= 11 is 6.11. The van der Waals surface area contributed by atoms with E-state index in [1.54, 1.807) is 19.1 Å². The molecule has 0 aliphatic heterocycles. The number of aryl methyl sites for hydroxylation is 1. The molecule has 1 amide bonds. The maximum absolute atomic E-state index is 13.4. The molecular weight excluding hydrogens is 303 g/mol. The normalized spacial score (nSPS) is 12.0. The van der Waals surface area contributed by atoms with Crippen molar-refractivity contribution in [2.75, 3.05) is 11.9 Å². The topological polar surface area (TPSA) is 41.1 Å². The molecule has 116 valence electrons. The molecule has 0 spiro atoms. The lowest BCUT2D eigenvalue weighted by molar-refractivity contribution is -0.115. The molecule has 0 saturated heterocycles. The molecule has 2 aromatic rings. The van der Waals surface area contributed by atoms with E-state index in [1.165, 1.54) is 6.07 Å². The van der Waals surface area contributed by atoms with Gasteiger partial charge in [0.25, 0.3) is 0 Å². The third-order valence-corrected chi connectivity index (χ3v) is 3.74. The van der Waals surface area contributed by atoms with Crippen molar-refractivity contribution < 1.29 is 9.18 Å². The van der Waals surface area contributed by atoms with Gasteiger partial charge in [-0.25, -0.2) is 4.39 Å². The van der Waals surface area contributed by atoms with E-state index in [9.17, 15) is 9.18 Å². The third-order valence-electron chi connectivity index (χ3n) is 3.40. The third kappa shape index (κ3) is 4.29. The summed E-state index contributed by atoms with van der Waals surface area (Å²) in [4.78, 5) is 11.9. The van der Waals surface area contributed by atoms with Gasteiger partial charge in [0.15, 0.2) is 0 Å². The lowest BCUT2D eigenvalue weighted by atomic mass is 10.1. The largest absolute Gasteiger partial charge is 0.325 e. The van der Waals surface area contributed by atoms with Gasteiger partial charge in [0.2, 0.25) is 5.91 Å². The van der Waals surface area contributed by atoms with E-state index in [0.717, 1.165) is 5.56 Å². The first kappa shape index (κ1) is 16.5. The first-order valence-corrected chi connectivity index (χ1v) is 7.39. The summed E-state index contributed by atoms with van der Waals surface area (Å²) in [6, 6.07) is 12.0. The molecule has 2 rings (SSSR count). The fourth-order valence-corrected chi connectivity index (χ4v) is 2.36. The van der Waals surface area contributed by atoms with Gasteiger partial charge in [-0.1, -0.05) is 35.9 Å². The molecule has 22 heavy (non-hydrogen) atoms. The molecule has 0 aliphatic rings. The first-order chi connectivity index (χ1) is 10.5. The zero-order valence-electron chi connectivity index (χ0n) is 12.5. The van der Waals surface area contributed by atoms with E-state index in [0.29, 0.717) is 16.3 Å². The maximum atomic E-state index is 13.4. The predicted molar refractivity (Wildman–Crippen MR) is 87.6 cm³/mol. The van der Waals surface area contributed by atoms with Crippen molar-refractivity contribution in [2.45, 2.75) is 19.9 Å². The van der Waals surface area contributed by atoms with E-state index >= 15 is 0 Å². The lowest BCUT2D eigenvalue weighted by Gasteiger charge is -2.15. The monoisotopic (exact) mass is 320 g/mol. The molecule has 2 N–H and O–H groups in total. The number of nitrogens with one attached hydrogen (secondary N) is 2. The number of carbonyl (C=O) groups excluding carboxylic acids is 1. The van der Waals surface area contributed by atoms with Crippen LogP contribution in [0.4, 0.5) is 10.1 Å². The van der Waals surface area contributed by atoms with E-state index in [1.807, 2.05) is 31.2 Å². The smallest absolute Gasteiger partial charge is 0.238 e. The Kier molecular flexibility index (Phi) is 5.52. The Hall–Kier alpha value is -1.91. The molecule has 0 fully saturated rings. The highest BCUT2D eigenvalue weighted by Gasteiger charge is 2.11. The molecular formula is C17H18ClFN2O. The standard InChI is InChI=1S/C17H18ClFN2O/c1-11-7-8-13(9-16(11)19)21-17(22)10-20-12(2)14-5-3-4-6-15(14)18/h3-9,12,20H,10H2,1-2H3,(H,21,22)/t12-/m0/s1. The van der Waals surface area contributed by atoms with Crippen molar-refractivity contribution in [3.8, 4) is 0 Å². The molecule has 0 aromatic heterocycles. The number of rotatable bonds is 5. The Morgan fingerprint density at radius 2 is 2.00 bits per heavy atom. The highest BCUT2D eigenvalue weighted by molar-refractivity contribution is 6.31. The fraction of sp³-hybridized carbons (Fsp3) is 0.235. The van der Waals surface area contributed by atoms with Crippen LogP contribution in [0.15, 0.2) is 42.5 Å². The van der Waals surface area contributed by atoms with Gasteiger partial charge in [0.05, 0.1) is 6.54 Å². The Morgan fingerprint density at radius 3 is 2.68 bits per heavy atom. The summed E-state index contributed by atoms with van der Waals surface area (Å²) in [7, 11) is 0. The van der Waals surface area contributed by atoms with Crippen molar-refractivity contribution >= 4 is 23.2 Å². The van der Waals surface area contributed by atoms with E-state index in [-0.39, 0.29) is 24.3 Å². The van der Waals surface area contributed by atoms with Crippen LogP contribution in [0.1, 0.15) is 24.1 Å². The number of amides is 1. The van der Waals surface area contributed by atoms with Gasteiger partial charge in [-0.05, 0) is 43.2 Å². The number of anilines is 1. The highest BCUT2D eigenvalue weighted by atomic mass is 35.5. The number of carbonyl (C=O) groups is 1. The lowest BCUT2D eigenvalue weighted by Crippen LogP contribution is -2.30. The van der Waals surface area contributed by atoms with Gasteiger partial charge < -0.3 is 10.6 Å². The SMILES string of the molecule is Cc1ccc(NC(=O)CN[C@@H](C)c2ccccc2Cl)cc1F. The molecule has 2 aromatic carbocycles. The van der Waals surface area contributed by atoms with Crippen LogP contribution in [-0.4, -0.2) is 12.5 Å². The second kappa shape index (κ2) is 7.38. The molecule has 0 radical (unpaired) electrons. The van der Waals surface area contributed by atoms with Gasteiger partial charge in [0.1, 0.15) is 5.82 Å². The molecule has 0 aliphatic carbocycles. The molecule has 1 atom stereocenters. The summed E-state index contributed by atoms with van der Waals surface area (Å²) in [5.41, 5.74) is 1.92. The summed E-state index contributed by atoms with van der Waals surface area (Å²) in [6.07, 6.45) is 0. The van der Waals surface area contributed by atoms with Crippen molar-refractivity contribution in [1.82, 2.24) is 5.32 Å². The Bertz CT molecular complexity index is 675. The Balaban J connectivity index is 1.90. The van der Waals surface area contributed by atoms with Gasteiger partial charge in [-0.15, -0.1) is 0 Å². The highest BCUT2D eigenvalue weighted by Crippen LogP contribution is 2.21. The van der Waals surface area contributed by atoms with Crippen molar-refractivity contribution in [1.29, 1.82) is 0 Å². The molecule has 3 nitrogen and oxygen atoms in total. The number of hydrogen-bond acceptors (Lipinski definition) is 2. The van der Waals surface area contributed by atoms with Crippen LogP contribution < -0.4 is 10.6 Å². The van der Waals surface area contributed by atoms with Gasteiger partial charge in [-0.2, -0.15) is 0 Å². The van der Waals surface area contributed by atoms with Gasteiger partial charge >= 0.3 is 0 Å². The molecule has 0 bridgehead atoms. The van der Waals surface area contributed by atoms with Crippen LogP contribution in [0.2, 0.25) is 5.02 Å². The Morgan fingerprint density at radius 1 is 1.27 bits per heavy atom. The molecule has 0 saturated carbocycles. The average Bonchev–Trinajstić information content (AvgIpc) is 2.49. The minimum Gasteiger partial charge on any atom is -0.325 e. The van der Waals surface area contributed by atoms with E-state index < -0.39 is 0 Å². The minimum absolute atomic E-state index is 0.0609. The quantitative estimate of drug-likeness (QED) is 0.871. The number of hydrogen-bond donors (Lipinski definition) is 2. The average molecular weight is 321 g/mol. The fourth-order valence-electron chi connectivity index (χ4n) is 2.06. The number of halogens is 2. The maximum Gasteiger partial charge on any atom is 0.238 e. The summed E-state index contributed by atoms with van der Waals surface area (Å²) in [5.74, 6) is -0.572. The van der Waals surface area contributed by atoms with Crippen molar-refractivity contribution in [2.24, 2.45) is 0 Å². The predicted octanol–water partition coefficient (Wildman–Crippen LogP) is 4.08. The van der Waals surface area contributed by atoms with E-state index in [4.69, 9.17) is 11.6 Å². The van der Waals surface area contributed by atoms with Gasteiger partial charge in [0, 0.05) is 16.8 Å². The van der Waals surface area contributed by atoms with Crippen molar-refractivity contribution in [3.05, 3.63) is 64.4 Å². The molecule has 0 unspecified atom stereocenters. The van der Waals surface area contributed by atoms with Crippen LogP contribution in [0, 0.1) is 12.7 Å². The first-order valence-electron chi connectivity index (χ1n) is 7.01. The minimum atomic E-state index is -0.338. The second-order valence-corrected chi connectivity index (χ2v) is 5.54. The van der Waals surface area contributed by atoms with Crippen LogP contribution >= 0.6 is 11.6 Å². The van der Waals surface area contributed by atoms with Crippen molar-refractivity contribution in [3.63, 3.8) is 0 Å². The number of benzene rings is 2. The molecule has 5 heteroatoms. The summed E-state index contributed by atoms with van der Waals surface area (Å²) < 4.78 is 13.4. The van der Waals surface area contributed by atoms with Crippen LogP contribution in [0.25, 0.3) is 0 Å². The Labute approximate surface area is 134 Å².